The lowest BCUT2D eigenvalue weighted by Crippen LogP contribution is -2.51. The van der Waals surface area contributed by atoms with Gasteiger partial charge >= 0.3 is 12.0 Å². The first-order valence-corrected chi connectivity index (χ1v) is 20.1. The largest absolute Gasteiger partial charge is 0.480 e. The minimum atomic E-state index is -4.12. The van der Waals surface area contributed by atoms with Crippen LogP contribution >= 0.6 is 23.2 Å². The maximum atomic E-state index is 13.4. The molecule has 0 radical (unpaired) electrons. The number of benzene rings is 3. The summed E-state index contributed by atoms with van der Waals surface area (Å²) < 4.78 is 27.8. The van der Waals surface area contributed by atoms with Gasteiger partial charge in [-0.2, -0.15) is 4.31 Å². The Morgan fingerprint density at radius 1 is 0.944 bits per heavy atom. The highest BCUT2D eigenvalue weighted by molar-refractivity contribution is 7.89. The number of carbonyl (C=O) groups excluding carboxylic acids is 3. The summed E-state index contributed by atoms with van der Waals surface area (Å²) in [4.78, 5) is 50.6. The molecule has 1 heterocycles. The molecule has 4 amide bonds. The Balaban J connectivity index is 1.23. The third kappa shape index (κ3) is 12.2. The van der Waals surface area contributed by atoms with Crippen LogP contribution in [0.3, 0.4) is 0 Å². The molecule has 6 N–H and O–H groups in total. The van der Waals surface area contributed by atoms with Crippen molar-refractivity contribution in [3.05, 3.63) is 87.9 Å². The van der Waals surface area contributed by atoms with Gasteiger partial charge in [0.1, 0.15) is 12.1 Å². The lowest BCUT2D eigenvalue weighted by atomic mass is 10.0. The van der Waals surface area contributed by atoms with Crippen LogP contribution in [0.5, 0.6) is 0 Å². The van der Waals surface area contributed by atoms with E-state index in [0.717, 1.165) is 21.9 Å². The molecule has 1 fully saturated rings. The monoisotopic (exact) mass is 802 g/mol. The molecule has 1 unspecified atom stereocenters. The van der Waals surface area contributed by atoms with E-state index in [-0.39, 0.29) is 64.8 Å². The molecular weight excluding hydrogens is 755 g/mol. The average molecular weight is 804 g/mol. The van der Waals surface area contributed by atoms with Crippen molar-refractivity contribution < 1.29 is 32.7 Å². The fourth-order valence-electron chi connectivity index (χ4n) is 6.10. The van der Waals surface area contributed by atoms with Crippen molar-refractivity contribution >= 4 is 68.4 Å². The highest BCUT2D eigenvalue weighted by Gasteiger charge is 2.40. The number of nitrogens with zero attached hydrogens (tertiary/aromatic N) is 1. The number of sulfonamides is 1. The topological polar surface area (TPSA) is 186 Å². The molecule has 0 bridgehead atoms. The Morgan fingerprint density at radius 3 is 2.28 bits per heavy atom. The van der Waals surface area contributed by atoms with Gasteiger partial charge in [-0.05, 0) is 99.0 Å². The SMILES string of the molecule is CCC(C)[C@@H](NCCCC[C@H](NC(=O)[C@@H]1CCCN1S(=O)(=O)c1cc(Cl)cc(Cl)c1)C(=O)O)NC(=O)Cc1ccc(NC(=O)Nc2ccccc2C)cc1. The Morgan fingerprint density at radius 2 is 1.63 bits per heavy atom. The quantitative estimate of drug-likeness (QED) is 0.0652. The zero-order chi connectivity index (χ0) is 39.4. The number of carboxylic acid groups (broad SMARTS) is 1. The van der Waals surface area contributed by atoms with Gasteiger partial charge in [-0.1, -0.05) is 73.8 Å². The summed E-state index contributed by atoms with van der Waals surface area (Å²) >= 11 is 12.0. The third-order valence-corrected chi connectivity index (χ3v) is 11.7. The summed E-state index contributed by atoms with van der Waals surface area (Å²) in [7, 11) is -4.12. The van der Waals surface area contributed by atoms with Crippen LogP contribution in [0, 0.1) is 12.8 Å². The molecule has 1 aliphatic heterocycles. The number of carboxylic acids is 1. The first-order chi connectivity index (χ1) is 25.7. The van der Waals surface area contributed by atoms with Crippen molar-refractivity contribution in [3.63, 3.8) is 0 Å². The maximum Gasteiger partial charge on any atom is 0.326 e. The van der Waals surface area contributed by atoms with Crippen molar-refractivity contribution in [1.29, 1.82) is 0 Å². The molecule has 0 aromatic heterocycles. The zero-order valence-electron chi connectivity index (χ0n) is 30.5. The van der Waals surface area contributed by atoms with E-state index in [1.165, 1.54) is 18.2 Å². The van der Waals surface area contributed by atoms with Crippen LogP contribution in [-0.4, -0.2) is 73.0 Å². The fourth-order valence-corrected chi connectivity index (χ4v) is 8.49. The van der Waals surface area contributed by atoms with Gasteiger partial charge in [-0.3, -0.25) is 14.9 Å². The molecule has 0 saturated carbocycles. The summed E-state index contributed by atoms with van der Waals surface area (Å²) in [6.07, 6.45) is 2.43. The zero-order valence-corrected chi connectivity index (χ0v) is 32.9. The number of hydrogen-bond acceptors (Lipinski definition) is 7. The number of carbonyl (C=O) groups is 4. The lowest BCUT2D eigenvalue weighted by Gasteiger charge is -2.26. The van der Waals surface area contributed by atoms with Crippen LogP contribution in [0.25, 0.3) is 0 Å². The molecule has 3 aromatic rings. The number of rotatable bonds is 18. The second-order valence-electron chi connectivity index (χ2n) is 13.4. The van der Waals surface area contributed by atoms with Gasteiger partial charge in [0.25, 0.3) is 0 Å². The molecule has 16 heteroatoms. The standard InChI is InChI=1S/C38H48Cl2N6O7S/c1-4-24(2)35(45-34(47)20-26-14-16-29(17-15-26)42-38(51)44-31-11-6-5-10-25(31)3)41-18-8-7-12-32(37(49)50)43-36(48)33-13-9-19-46(33)54(52,53)30-22-27(39)21-28(40)23-30/h5-6,10-11,14-17,21-24,32-33,35,41H,4,7-9,12-13,18-20H2,1-3H3,(H,43,48)(H,45,47)(H,49,50)(H2,42,44,51)/t24?,32-,33-,35-/m0/s1. The van der Waals surface area contributed by atoms with Crippen LogP contribution in [0.2, 0.25) is 10.0 Å². The van der Waals surface area contributed by atoms with E-state index in [1.807, 2.05) is 45.0 Å². The number of hydrogen-bond donors (Lipinski definition) is 6. The van der Waals surface area contributed by atoms with Gasteiger partial charge in [0.05, 0.1) is 17.5 Å². The number of aliphatic carboxylic acids is 1. The molecule has 4 rings (SSSR count). The molecule has 0 spiro atoms. The highest BCUT2D eigenvalue weighted by Crippen LogP contribution is 2.30. The predicted molar refractivity (Wildman–Crippen MR) is 210 cm³/mol. The van der Waals surface area contributed by atoms with E-state index in [2.05, 4.69) is 26.6 Å². The molecule has 13 nitrogen and oxygen atoms in total. The predicted octanol–water partition coefficient (Wildman–Crippen LogP) is 6.16. The van der Waals surface area contributed by atoms with E-state index >= 15 is 0 Å². The molecule has 54 heavy (non-hydrogen) atoms. The minimum Gasteiger partial charge on any atom is -0.480 e. The molecule has 0 aliphatic carbocycles. The van der Waals surface area contributed by atoms with E-state index in [9.17, 15) is 32.7 Å². The van der Waals surface area contributed by atoms with Crippen LogP contribution < -0.4 is 26.6 Å². The maximum absolute atomic E-state index is 13.4. The smallest absolute Gasteiger partial charge is 0.326 e. The van der Waals surface area contributed by atoms with E-state index < -0.39 is 34.0 Å². The Kier molecular flexibility index (Phi) is 15.7. The fraction of sp³-hybridized carbons (Fsp3) is 0.421. The molecule has 1 aliphatic rings. The minimum absolute atomic E-state index is 0.0983. The first kappa shape index (κ1) is 42.5. The van der Waals surface area contributed by atoms with Crippen molar-refractivity contribution in [1.82, 2.24) is 20.3 Å². The summed E-state index contributed by atoms with van der Waals surface area (Å²) in [5.41, 5.74) is 3.02. The van der Waals surface area contributed by atoms with Crippen LogP contribution in [0.1, 0.15) is 63.5 Å². The number of aryl methyl sites for hydroxylation is 1. The van der Waals surface area contributed by atoms with Gasteiger partial charge < -0.3 is 26.4 Å². The molecule has 3 aromatic carbocycles. The van der Waals surface area contributed by atoms with E-state index in [4.69, 9.17) is 23.2 Å². The molecular formula is C38H48Cl2N6O7S. The number of urea groups is 1. The van der Waals surface area contributed by atoms with Gasteiger partial charge in [0.2, 0.25) is 21.8 Å². The van der Waals surface area contributed by atoms with Gasteiger partial charge in [-0.25, -0.2) is 18.0 Å². The highest BCUT2D eigenvalue weighted by atomic mass is 35.5. The second-order valence-corrected chi connectivity index (χ2v) is 16.2. The Bertz CT molecular complexity index is 1880. The van der Waals surface area contributed by atoms with Gasteiger partial charge in [0, 0.05) is 28.0 Å². The van der Waals surface area contributed by atoms with Crippen molar-refractivity contribution in [2.45, 2.75) is 88.9 Å². The summed E-state index contributed by atoms with van der Waals surface area (Å²) in [6, 6.07) is 15.8. The van der Waals surface area contributed by atoms with E-state index in [0.29, 0.717) is 37.2 Å². The van der Waals surface area contributed by atoms with Gasteiger partial charge in [0.15, 0.2) is 0 Å². The molecule has 4 atom stereocenters. The Hall–Kier alpha value is -4.21. The van der Waals surface area contributed by atoms with Crippen molar-refractivity contribution in [2.24, 2.45) is 5.92 Å². The van der Waals surface area contributed by atoms with Crippen molar-refractivity contribution in [2.75, 3.05) is 23.7 Å². The first-order valence-electron chi connectivity index (χ1n) is 17.9. The molecule has 1 saturated heterocycles. The van der Waals surface area contributed by atoms with Crippen LogP contribution in [-0.2, 0) is 30.8 Å². The van der Waals surface area contributed by atoms with Crippen molar-refractivity contribution in [3.8, 4) is 0 Å². The number of halogens is 2. The number of para-hydroxylation sites is 1. The lowest BCUT2D eigenvalue weighted by molar-refractivity contribution is -0.142. The van der Waals surface area contributed by atoms with Gasteiger partial charge in [-0.15, -0.1) is 0 Å². The van der Waals surface area contributed by atoms with Crippen LogP contribution in [0.15, 0.2) is 71.6 Å². The number of anilines is 2. The summed E-state index contributed by atoms with van der Waals surface area (Å²) in [5, 5.41) is 24.7. The van der Waals surface area contributed by atoms with Crippen LogP contribution in [0.4, 0.5) is 16.2 Å². The normalized spacial score (nSPS) is 16.2. The Labute approximate surface area is 326 Å². The number of unbranched alkanes of at least 4 members (excludes halogenated alkanes) is 1. The van der Waals surface area contributed by atoms with E-state index in [1.54, 1.807) is 24.3 Å². The molecule has 292 valence electrons. The third-order valence-electron chi connectivity index (χ3n) is 9.35. The number of nitrogens with one attached hydrogen (secondary N) is 5. The average Bonchev–Trinajstić information content (AvgIpc) is 3.63. The summed E-state index contributed by atoms with van der Waals surface area (Å²) in [6.45, 7) is 6.53. The number of amides is 4. The summed E-state index contributed by atoms with van der Waals surface area (Å²) in [5.74, 6) is -1.97. The second kappa shape index (κ2) is 19.9.